The summed E-state index contributed by atoms with van der Waals surface area (Å²) in [5.74, 6) is -0.158. The summed E-state index contributed by atoms with van der Waals surface area (Å²) in [6, 6.07) is 4.66. The summed E-state index contributed by atoms with van der Waals surface area (Å²) >= 11 is 0. The Morgan fingerprint density at radius 3 is 1.61 bits per heavy atom. The number of hydrogen-bond donors (Lipinski definition) is 1. The number of aromatic carboxylic acids is 1. The van der Waals surface area contributed by atoms with Crippen molar-refractivity contribution in [1.82, 2.24) is 0 Å². The first-order valence-corrected chi connectivity index (χ1v) is 10.9. The van der Waals surface area contributed by atoms with Crippen LogP contribution in [-0.4, -0.2) is 77.1 Å². The summed E-state index contributed by atoms with van der Waals surface area (Å²) in [7, 11) is 0. The van der Waals surface area contributed by atoms with E-state index in [1.807, 2.05) is 0 Å². The molecule has 2 heterocycles. The molecule has 0 atom stereocenters. The van der Waals surface area contributed by atoms with Gasteiger partial charge in [0, 0.05) is 16.9 Å². The number of carboxylic acid groups (broad SMARTS) is 1. The monoisotopic (exact) mass is 438 g/mol. The van der Waals surface area contributed by atoms with E-state index in [2.05, 4.69) is 13.8 Å². The second kappa shape index (κ2) is 11.1. The lowest BCUT2D eigenvalue weighted by molar-refractivity contribution is -0.151. The molecule has 174 valence electrons. The van der Waals surface area contributed by atoms with Gasteiger partial charge in [0.1, 0.15) is 24.7 Å². The van der Waals surface area contributed by atoms with Gasteiger partial charge in [0.05, 0.1) is 58.4 Å². The Balaban J connectivity index is 1.41. The summed E-state index contributed by atoms with van der Waals surface area (Å²) in [4.78, 5) is 11.4. The van der Waals surface area contributed by atoms with Crippen LogP contribution in [0.3, 0.4) is 0 Å². The Morgan fingerprint density at radius 2 is 1.29 bits per heavy atom. The van der Waals surface area contributed by atoms with Crippen molar-refractivity contribution in [2.75, 3.05) is 66.1 Å². The van der Waals surface area contributed by atoms with Crippen LogP contribution in [0.5, 0.6) is 11.5 Å². The van der Waals surface area contributed by atoms with Gasteiger partial charge in [-0.1, -0.05) is 13.8 Å². The van der Waals surface area contributed by atoms with Gasteiger partial charge in [0.15, 0.2) is 0 Å². The first-order chi connectivity index (χ1) is 15.0. The maximum atomic E-state index is 11.4. The van der Waals surface area contributed by atoms with Gasteiger partial charge in [-0.15, -0.1) is 0 Å². The van der Waals surface area contributed by atoms with Crippen molar-refractivity contribution in [3.63, 3.8) is 0 Å². The molecule has 31 heavy (non-hydrogen) atoms. The predicted molar refractivity (Wildman–Crippen MR) is 113 cm³/mol. The van der Waals surface area contributed by atoms with E-state index in [0.717, 1.165) is 39.3 Å². The standard InChI is InChI=1S/C23H34O8/c1-3-22(14-28-15-22)12-26-5-7-30-19-9-18(21(24)25)10-20(11-19)31-8-6-27-13-23(4-2)16-29-17-23/h9-11H,3-8,12-17H2,1-2H3,(H,24,25). The van der Waals surface area contributed by atoms with Crippen molar-refractivity contribution in [2.45, 2.75) is 26.7 Å². The molecule has 0 bridgehead atoms. The Labute approximate surface area is 183 Å². The van der Waals surface area contributed by atoms with Gasteiger partial charge in [-0.3, -0.25) is 0 Å². The lowest BCUT2D eigenvalue weighted by atomic mass is 9.84. The van der Waals surface area contributed by atoms with E-state index in [0.29, 0.717) is 51.1 Å². The number of hydrogen-bond acceptors (Lipinski definition) is 7. The average Bonchev–Trinajstić information content (AvgIpc) is 2.71. The van der Waals surface area contributed by atoms with E-state index in [-0.39, 0.29) is 16.4 Å². The molecule has 8 nitrogen and oxygen atoms in total. The maximum Gasteiger partial charge on any atom is 0.335 e. The summed E-state index contributed by atoms with van der Waals surface area (Å²) in [6.07, 6.45) is 2.04. The highest BCUT2D eigenvalue weighted by molar-refractivity contribution is 5.88. The highest BCUT2D eigenvalue weighted by Crippen LogP contribution is 2.32. The highest BCUT2D eigenvalue weighted by Gasteiger charge is 2.37. The first-order valence-electron chi connectivity index (χ1n) is 10.9. The normalized spacial score (nSPS) is 18.6. The van der Waals surface area contributed by atoms with Crippen LogP contribution in [0.1, 0.15) is 37.0 Å². The lowest BCUT2D eigenvalue weighted by Crippen LogP contribution is -2.45. The molecule has 8 heteroatoms. The molecule has 2 saturated heterocycles. The Hall–Kier alpha value is -1.87. The Bertz CT molecular complexity index is 650. The molecule has 0 radical (unpaired) electrons. The predicted octanol–water partition coefficient (Wildman–Crippen LogP) is 3.03. The zero-order valence-corrected chi connectivity index (χ0v) is 18.5. The van der Waals surface area contributed by atoms with Crippen molar-refractivity contribution in [2.24, 2.45) is 10.8 Å². The van der Waals surface area contributed by atoms with Crippen LogP contribution < -0.4 is 9.47 Å². The molecule has 0 saturated carbocycles. The van der Waals surface area contributed by atoms with Crippen molar-refractivity contribution in [3.8, 4) is 11.5 Å². The lowest BCUT2D eigenvalue weighted by Gasteiger charge is -2.40. The summed E-state index contributed by atoms with van der Waals surface area (Å²) < 4.78 is 33.4. The fourth-order valence-electron chi connectivity index (χ4n) is 3.44. The molecular weight excluding hydrogens is 404 g/mol. The Morgan fingerprint density at radius 1 is 0.839 bits per heavy atom. The molecule has 0 aliphatic carbocycles. The highest BCUT2D eigenvalue weighted by atomic mass is 16.5. The topological polar surface area (TPSA) is 92.7 Å². The van der Waals surface area contributed by atoms with Gasteiger partial charge >= 0.3 is 5.97 Å². The van der Waals surface area contributed by atoms with Crippen LogP contribution in [0.15, 0.2) is 18.2 Å². The maximum absolute atomic E-state index is 11.4. The molecule has 2 aliphatic heterocycles. The molecule has 0 spiro atoms. The second-order valence-corrected chi connectivity index (χ2v) is 8.49. The fraction of sp³-hybridized carbons (Fsp3) is 0.696. The zero-order chi connectivity index (χ0) is 22.2. The molecule has 1 aromatic carbocycles. The number of carboxylic acids is 1. The van der Waals surface area contributed by atoms with Crippen molar-refractivity contribution in [1.29, 1.82) is 0 Å². The van der Waals surface area contributed by atoms with Gasteiger partial charge in [0.25, 0.3) is 0 Å². The quantitative estimate of drug-likeness (QED) is 0.418. The van der Waals surface area contributed by atoms with E-state index < -0.39 is 5.97 Å². The molecule has 1 N–H and O–H groups in total. The fourth-order valence-corrected chi connectivity index (χ4v) is 3.44. The third kappa shape index (κ3) is 6.55. The van der Waals surface area contributed by atoms with Crippen molar-refractivity contribution < 1.29 is 38.3 Å². The van der Waals surface area contributed by atoms with Crippen molar-refractivity contribution in [3.05, 3.63) is 23.8 Å². The van der Waals surface area contributed by atoms with Crippen LogP contribution >= 0.6 is 0 Å². The van der Waals surface area contributed by atoms with Crippen LogP contribution in [0.4, 0.5) is 0 Å². The molecule has 1 aromatic rings. The van der Waals surface area contributed by atoms with Gasteiger partial charge in [0.2, 0.25) is 0 Å². The molecule has 0 amide bonds. The molecule has 0 unspecified atom stereocenters. The molecular formula is C23H34O8. The molecule has 3 rings (SSSR count). The van der Waals surface area contributed by atoms with E-state index in [1.54, 1.807) is 6.07 Å². The molecule has 0 aromatic heterocycles. The third-order valence-corrected chi connectivity index (χ3v) is 6.07. The molecule has 2 fully saturated rings. The first kappa shape index (κ1) is 23.8. The average molecular weight is 439 g/mol. The van der Waals surface area contributed by atoms with Crippen LogP contribution in [-0.2, 0) is 18.9 Å². The van der Waals surface area contributed by atoms with Gasteiger partial charge in [-0.2, -0.15) is 0 Å². The van der Waals surface area contributed by atoms with E-state index in [4.69, 9.17) is 28.4 Å². The van der Waals surface area contributed by atoms with E-state index in [9.17, 15) is 9.90 Å². The number of rotatable bonds is 15. The van der Waals surface area contributed by atoms with E-state index in [1.165, 1.54) is 12.1 Å². The Kier molecular flexibility index (Phi) is 8.54. The number of ether oxygens (including phenoxy) is 6. The molecule has 2 aliphatic rings. The van der Waals surface area contributed by atoms with E-state index >= 15 is 0 Å². The van der Waals surface area contributed by atoms with Crippen molar-refractivity contribution >= 4 is 5.97 Å². The second-order valence-electron chi connectivity index (χ2n) is 8.49. The largest absolute Gasteiger partial charge is 0.491 e. The number of carbonyl (C=O) groups is 1. The van der Waals surface area contributed by atoms with Crippen LogP contribution in [0.2, 0.25) is 0 Å². The van der Waals surface area contributed by atoms with Crippen LogP contribution in [0.25, 0.3) is 0 Å². The minimum absolute atomic E-state index is 0.113. The SMILES string of the molecule is CCC1(COCCOc2cc(OCCOCC3(CC)COC3)cc(C(=O)O)c2)COC1. The van der Waals surface area contributed by atoms with Gasteiger partial charge in [-0.25, -0.2) is 4.79 Å². The van der Waals surface area contributed by atoms with Gasteiger partial charge in [-0.05, 0) is 25.0 Å². The summed E-state index contributed by atoms with van der Waals surface area (Å²) in [5, 5.41) is 9.37. The number of benzene rings is 1. The summed E-state index contributed by atoms with van der Waals surface area (Å²) in [5.41, 5.74) is 0.381. The summed E-state index contributed by atoms with van der Waals surface area (Å²) in [6.45, 7) is 10.0. The smallest absolute Gasteiger partial charge is 0.335 e. The zero-order valence-electron chi connectivity index (χ0n) is 18.5. The van der Waals surface area contributed by atoms with Crippen LogP contribution in [0, 0.1) is 10.8 Å². The third-order valence-electron chi connectivity index (χ3n) is 6.07. The minimum Gasteiger partial charge on any atom is -0.491 e. The van der Waals surface area contributed by atoms with Gasteiger partial charge < -0.3 is 33.5 Å². The minimum atomic E-state index is -1.03.